The fraction of sp³-hybridized carbons (Fsp3) is 0.312. The maximum Gasteiger partial charge on any atom is 0.250 e. The highest BCUT2D eigenvalue weighted by Gasteiger charge is 2.24. The van der Waals surface area contributed by atoms with Crippen LogP contribution in [0.15, 0.2) is 42.4 Å². The third kappa shape index (κ3) is 3.15. The van der Waals surface area contributed by atoms with E-state index in [0.29, 0.717) is 12.1 Å². The van der Waals surface area contributed by atoms with E-state index in [1.54, 1.807) is 12.1 Å². The van der Waals surface area contributed by atoms with Crippen molar-refractivity contribution < 1.29 is 13.2 Å². The number of para-hydroxylation sites is 1. The van der Waals surface area contributed by atoms with E-state index in [1.807, 2.05) is 28.0 Å². The van der Waals surface area contributed by atoms with Crippen LogP contribution in [0.2, 0.25) is 0 Å². The number of rotatable bonds is 5. The third-order valence-corrected chi connectivity index (χ3v) is 5.31. The highest BCUT2D eigenvalue weighted by molar-refractivity contribution is 7.92. The van der Waals surface area contributed by atoms with E-state index in [9.17, 15) is 13.2 Å². The number of benzene rings is 1. The van der Waals surface area contributed by atoms with Gasteiger partial charge in [-0.15, -0.1) is 0 Å². The average Bonchev–Trinajstić information content (AvgIpc) is 2.98. The molecule has 3 N–H and O–H groups in total. The fourth-order valence-electron chi connectivity index (χ4n) is 3.14. The van der Waals surface area contributed by atoms with Crippen molar-refractivity contribution in [2.24, 2.45) is 5.73 Å². The number of carbonyl (C=O) groups excluding carboxylic acids is 1. The number of hydrogen-bond acceptors (Lipinski definition) is 4. The van der Waals surface area contributed by atoms with Gasteiger partial charge in [-0.1, -0.05) is 18.7 Å². The van der Waals surface area contributed by atoms with Crippen LogP contribution in [0.1, 0.15) is 23.2 Å². The molecule has 1 atom stereocenters. The van der Waals surface area contributed by atoms with Gasteiger partial charge in [0.05, 0.1) is 17.6 Å². The second kappa shape index (κ2) is 6.29. The molecule has 1 saturated heterocycles. The summed E-state index contributed by atoms with van der Waals surface area (Å²) >= 11 is 0. The van der Waals surface area contributed by atoms with E-state index in [1.165, 1.54) is 0 Å². The molecule has 1 aromatic heterocycles. The van der Waals surface area contributed by atoms with Gasteiger partial charge < -0.3 is 10.7 Å². The zero-order valence-corrected chi connectivity index (χ0v) is 14.0. The topological polar surface area (TPSA) is 97.4 Å². The number of fused-ring (bicyclic) bond motifs is 1. The first-order valence-electron chi connectivity index (χ1n) is 7.71. The monoisotopic (exact) mass is 348 g/mol. The molecule has 1 aromatic carbocycles. The molecular formula is C16H20N4O3S. The maximum atomic E-state index is 11.7. The molecule has 0 spiro atoms. The summed E-state index contributed by atoms with van der Waals surface area (Å²) in [4.78, 5) is 11.7. The number of primary amides is 1. The van der Waals surface area contributed by atoms with Crippen LogP contribution in [-0.4, -0.2) is 38.1 Å². The summed E-state index contributed by atoms with van der Waals surface area (Å²) in [6.45, 7) is 4.59. The van der Waals surface area contributed by atoms with E-state index in [-0.39, 0.29) is 6.04 Å². The molecular weight excluding hydrogens is 328 g/mol. The van der Waals surface area contributed by atoms with Crippen LogP contribution in [0.3, 0.4) is 0 Å². The van der Waals surface area contributed by atoms with Crippen molar-refractivity contribution in [3.05, 3.63) is 48.0 Å². The summed E-state index contributed by atoms with van der Waals surface area (Å²) < 4.78 is 27.9. The Labute approximate surface area is 140 Å². The van der Waals surface area contributed by atoms with Crippen LogP contribution >= 0.6 is 0 Å². The molecule has 0 radical (unpaired) electrons. The quantitative estimate of drug-likeness (QED) is 0.839. The molecule has 2 aromatic rings. The number of nitrogens with two attached hydrogens (primary N) is 1. The number of amides is 1. The zero-order valence-electron chi connectivity index (χ0n) is 13.2. The first-order valence-corrected chi connectivity index (χ1v) is 9.26. The van der Waals surface area contributed by atoms with Crippen molar-refractivity contribution in [2.75, 3.05) is 18.1 Å². The molecule has 0 saturated carbocycles. The van der Waals surface area contributed by atoms with Gasteiger partial charge in [-0.05, 0) is 25.0 Å². The van der Waals surface area contributed by atoms with Crippen LogP contribution in [0, 0.1) is 0 Å². The van der Waals surface area contributed by atoms with E-state index in [0.717, 1.165) is 35.7 Å². The minimum atomic E-state index is -3.47. The van der Waals surface area contributed by atoms with Crippen molar-refractivity contribution in [1.29, 1.82) is 0 Å². The first-order chi connectivity index (χ1) is 11.4. The van der Waals surface area contributed by atoms with E-state index < -0.39 is 15.9 Å². The molecule has 3 rings (SSSR count). The molecule has 2 heterocycles. The Morgan fingerprint density at radius 2 is 2.17 bits per heavy atom. The van der Waals surface area contributed by atoms with Gasteiger partial charge in [-0.2, -0.15) is 0 Å². The van der Waals surface area contributed by atoms with Crippen LogP contribution in [0.5, 0.6) is 0 Å². The van der Waals surface area contributed by atoms with Crippen LogP contribution < -0.4 is 15.5 Å². The van der Waals surface area contributed by atoms with Crippen molar-refractivity contribution in [3.8, 4) is 0 Å². The summed E-state index contributed by atoms with van der Waals surface area (Å²) in [6.07, 6.45) is 3.47. The highest BCUT2D eigenvalue weighted by atomic mass is 32.2. The molecule has 1 amide bonds. The number of nitrogens with one attached hydrogen (secondary N) is 1. The largest absolute Gasteiger partial charge is 0.366 e. The Bertz CT molecular complexity index is 888. The molecule has 0 aliphatic carbocycles. The molecule has 7 nitrogen and oxygen atoms in total. The van der Waals surface area contributed by atoms with Crippen LogP contribution in [0.4, 0.5) is 0 Å². The minimum Gasteiger partial charge on any atom is -0.366 e. The van der Waals surface area contributed by atoms with E-state index in [4.69, 9.17) is 5.73 Å². The number of sulfonamides is 1. The number of piperidine rings is 1. The Balaban J connectivity index is 1.93. The normalized spacial score (nSPS) is 18.7. The second-order valence-electron chi connectivity index (χ2n) is 5.85. The predicted octanol–water partition coefficient (Wildman–Crippen LogP) is 0.903. The van der Waals surface area contributed by atoms with Gasteiger partial charge in [-0.3, -0.25) is 9.47 Å². The van der Waals surface area contributed by atoms with Crippen molar-refractivity contribution in [2.45, 2.75) is 18.9 Å². The van der Waals surface area contributed by atoms with Crippen molar-refractivity contribution >= 4 is 26.8 Å². The standard InChI is InChI=1S/C16H20N4O3S/c1-2-24(22,23)18-13-6-4-9-19(11-13)20-10-8-12-5-3-7-14(15(12)20)16(17)21/h2-3,5,7-8,10,13,18H,1,4,6,9,11H2,(H2,17,21). The summed E-state index contributed by atoms with van der Waals surface area (Å²) in [5.41, 5.74) is 6.69. The molecule has 1 fully saturated rings. The second-order valence-corrected chi connectivity index (χ2v) is 7.51. The molecule has 8 heteroatoms. The average molecular weight is 348 g/mol. The number of carbonyl (C=O) groups is 1. The minimum absolute atomic E-state index is 0.208. The first kappa shape index (κ1) is 16.5. The molecule has 0 bridgehead atoms. The number of hydrogen-bond donors (Lipinski definition) is 2. The van der Waals surface area contributed by atoms with Gasteiger partial charge in [0.15, 0.2) is 0 Å². The highest BCUT2D eigenvalue weighted by Crippen LogP contribution is 2.22. The van der Waals surface area contributed by atoms with Gasteiger partial charge in [0.25, 0.3) is 5.91 Å². The Kier molecular flexibility index (Phi) is 4.33. The van der Waals surface area contributed by atoms with Gasteiger partial charge in [0.1, 0.15) is 0 Å². The fourth-order valence-corrected chi connectivity index (χ4v) is 3.89. The van der Waals surface area contributed by atoms with Crippen LogP contribution in [-0.2, 0) is 10.0 Å². The maximum absolute atomic E-state index is 11.7. The Morgan fingerprint density at radius 3 is 2.88 bits per heavy atom. The Morgan fingerprint density at radius 1 is 1.38 bits per heavy atom. The molecule has 1 unspecified atom stereocenters. The predicted molar refractivity (Wildman–Crippen MR) is 93.7 cm³/mol. The number of nitrogens with zero attached hydrogens (tertiary/aromatic N) is 2. The summed E-state index contributed by atoms with van der Waals surface area (Å²) in [6, 6.07) is 7.12. The molecule has 1 aliphatic rings. The lowest BCUT2D eigenvalue weighted by molar-refractivity contribution is 0.100. The van der Waals surface area contributed by atoms with Crippen LogP contribution in [0.25, 0.3) is 10.9 Å². The van der Waals surface area contributed by atoms with Crippen molar-refractivity contribution in [3.63, 3.8) is 0 Å². The third-order valence-electron chi connectivity index (χ3n) is 4.21. The van der Waals surface area contributed by atoms with Gasteiger partial charge in [-0.25, -0.2) is 13.1 Å². The zero-order chi connectivity index (χ0) is 17.3. The summed E-state index contributed by atoms with van der Waals surface area (Å²) in [7, 11) is -3.47. The van der Waals surface area contributed by atoms with E-state index >= 15 is 0 Å². The van der Waals surface area contributed by atoms with E-state index in [2.05, 4.69) is 11.3 Å². The van der Waals surface area contributed by atoms with Gasteiger partial charge in [0, 0.05) is 29.6 Å². The lowest BCUT2D eigenvalue weighted by atomic mass is 10.1. The lowest BCUT2D eigenvalue weighted by Crippen LogP contribution is -2.51. The van der Waals surface area contributed by atoms with Gasteiger partial charge >= 0.3 is 0 Å². The molecule has 1 aliphatic heterocycles. The SMILES string of the molecule is C=CS(=O)(=O)NC1CCCN(n2ccc3cccc(C(N)=O)c32)C1. The summed E-state index contributed by atoms with van der Waals surface area (Å²) in [5.74, 6) is -0.485. The molecule has 128 valence electrons. The lowest BCUT2D eigenvalue weighted by Gasteiger charge is -2.35. The smallest absolute Gasteiger partial charge is 0.250 e. The Hall–Kier alpha value is -2.32. The number of aromatic nitrogens is 1. The van der Waals surface area contributed by atoms with Crippen molar-refractivity contribution in [1.82, 2.24) is 9.40 Å². The summed E-state index contributed by atoms with van der Waals surface area (Å²) in [5, 5.41) is 3.86. The molecule has 24 heavy (non-hydrogen) atoms. The van der Waals surface area contributed by atoms with Gasteiger partial charge in [0.2, 0.25) is 10.0 Å².